The van der Waals surface area contributed by atoms with Gasteiger partial charge in [-0.1, -0.05) is 6.42 Å². The molecular formula is C23H32N2O2S2. The minimum atomic E-state index is -0.229. The molecule has 0 atom stereocenters. The van der Waals surface area contributed by atoms with E-state index in [1.165, 1.54) is 68.9 Å². The molecule has 6 rings (SSSR count). The van der Waals surface area contributed by atoms with Crippen LogP contribution in [0.5, 0.6) is 0 Å². The first-order valence-electron chi connectivity index (χ1n) is 11.3. The Morgan fingerprint density at radius 3 is 2.34 bits per heavy atom. The highest BCUT2D eigenvalue weighted by atomic mass is 32.1. The first kappa shape index (κ1) is 19.8. The van der Waals surface area contributed by atoms with E-state index in [1.54, 1.807) is 11.3 Å². The Hall–Kier alpha value is -1.14. The number of hydrogen-bond acceptors (Lipinski definition) is 4. The molecule has 1 N–H and O–H groups in total. The number of thiophene rings is 1. The van der Waals surface area contributed by atoms with Crippen molar-refractivity contribution in [3.05, 3.63) is 16.0 Å². The summed E-state index contributed by atoms with van der Waals surface area (Å²) in [5.74, 6) is 2.42. The van der Waals surface area contributed by atoms with Crippen LogP contribution in [0.2, 0.25) is 0 Å². The van der Waals surface area contributed by atoms with Crippen molar-refractivity contribution in [2.24, 2.45) is 17.8 Å². The molecule has 1 aromatic rings. The SMILES string of the molecule is COC(=O)c1c(NC(=S)N(C)C23CC4CC(CC(C4)C2)C3)sc2c1CCCCC2. The number of rotatable bonds is 3. The number of ether oxygens (including phenoxy) is 1. The number of thiocarbonyl (C=S) groups is 1. The zero-order valence-electron chi connectivity index (χ0n) is 17.6. The fourth-order valence-corrected chi connectivity index (χ4v) is 8.66. The van der Waals surface area contributed by atoms with E-state index in [0.717, 1.165) is 52.7 Å². The zero-order chi connectivity index (χ0) is 20.2. The number of methoxy groups -OCH3 is 1. The highest BCUT2D eigenvalue weighted by molar-refractivity contribution is 7.80. The molecule has 158 valence electrons. The van der Waals surface area contributed by atoms with Crippen LogP contribution in [0.25, 0.3) is 0 Å². The van der Waals surface area contributed by atoms with Crippen LogP contribution in [0.15, 0.2) is 0 Å². The maximum Gasteiger partial charge on any atom is 0.341 e. The Morgan fingerprint density at radius 2 is 1.72 bits per heavy atom. The summed E-state index contributed by atoms with van der Waals surface area (Å²) in [4.78, 5) is 16.3. The number of hydrogen-bond donors (Lipinski definition) is 1. The Kier molecular flexibility index (Phi) is 5.14. The molecule has 0 aromatic carbocycles. The van der Waals surface area contributed by atoms with Crippen molar-refractivity contribution in [1.29, 1.82) is 0 Å². The van der Waals surface area contributed by atoms with Gasteiger partial charge in [-0.25, -0.2) is 4.79 Å². The van der Waals surface area contributed by atoms with E-state index in [9.17, 15) is 4.79 Å². The smallest absolute Gasteiger partial charge is 0.341 e. The van der Waals surface area contributed by atoms with Crippen molar-refractivity contribution >= 4 is 39.6 Å². The van der Waals surface area contributed by atoms with Crippen LogP contribution >= 0.6 is 23.6 Å². The number of nitrogens with zero attached hydrogens (tertiary/aromatic N) is 1. The van der Waals surface area contributed by atoms with Gasteiger partial charge < -0.3 is 15.0 Å². The second-order valence-electron chi connectivity index (χ2n) is 9.89. The normalized spacial score (nSPS) is 32.4. The number of anilines is 1. The molecule has 4 fully saturated rings. The third-order valence-corrected chi connectivity index (χ3v) is 9.64. The lowest BCUT2D eigenvalue weighted by Crippen LogP contribution is -2.60. The van der Waals surface area contributed by atoms with Crippen molar-refractivity contribution < 1.29 is 9.53 Å². The summed E-state index contributed by atoms with van der Waals surface area (Å²) < 4.78 is 5.16. The summed E-state index contributed by atoms with van der Waals surface area (Å²) in [5, 5.41) is 5.17. The summed E-state index contributed by atoms with van der Waals surface area (Å²) in [5.41, 5.74) is 2.15. The largest absolute Gasteiger partial charge is 0.465 e. The molecule has 0 aliphatic heterocycles. The highest BCUT2D eigenvalue weighted by Gasteiger charge is 2.53. The second-order valence-corrected chi connectivity index (χ2v) is 11.4. The van der Waals surface area contributed by atoms with Gasteiger partial charge in [-0.2, -0.15) is 0 Å². The molecule has 5 aliphatic carbocycles. The minimum absolute atomic E-state index is 0.221. The van der Waals surface area contributed by atoms with Crippen LogP contribution in [-0.4, -0.2) is 35.7 Å². The number of carbonyl (C=O) groups is 1. The predicted octanol–water partition coefficient (Wildman–Crippen LogP) is 5.40. The van der Waals surface area contributed by atoms with Gasteiger partial charge in [0, 0.05) is 17.5 Å². The Morgan fingerprint density at radius 1 is 1.10 bits per heavy atom. The maximum atomic E-state index is 12.6. The lowest BCUT2D eigenvalue weighted by atomic mass is 9.52. The van der Waals surface area contributed by atoms with Gasteiger partial charge in [0.1, 0.15) is 5.00 Å². The van der Waals surface area contributed by atoms with Crippen LogP contribution in [0, 0.1) is 17.8 Å². The van der Waals surface area contributed by atoms with Gasteiger partial charge in [-0.15, -0.1) is 11.3 Å². The number of aryl methyl sites for hydroxylation is 1. The highest BCUT2D eigenvalue weighted by Crippen LogP contribution is 2.57. The molecule has 4 saturated carbocycles. The Bertz CT molecular complexity index is 796. The first-order valence-corrected chi connectivity index (χ1v) is 12.5. The summed E-state index contributed by atoms with van der Waals surface area (Å²) >= 11 is 7.63. The summed E-state index contributed by atoms with van der Waals surface area (Å²) in [6, 6.07) is 0. The molecule has 1 aromatic heterocycles. The molecular weight excluding hydrogens is 400 g/mol. The molecule has 1 heterocycles. The summed E-state index contributed by atoms with van der Waals surface area (Å²) in [6.45, 7) is 0. The molecule has 29 heavy (non-hydrogen) atoms. The number of fused-ring (bicyclic) bond motifs is 1. The van der Waals surface area contributed by atoms with Crippen LogP contribution in [0.4, 0.5) is 5.00 Å². The third-order valence-electron chi connectivity index (χ3n) is 8.05. The lowest BCUT2D eigenvalue weighted by Gasteiger charge is -2.60. The topological polar surface area (TPSA) is 41.6 Å². The van der Waals surface area contributed by atoms with E-state index in [0.29, 0.717) is 0 Å². The van der Waals surface area contributed by atoms with Gasteiger partial charge in [0.2, 0.25) is 0 Å². The Labute approximate surface area is 183 Å². The van der Waals surface area contributed by atoms with Crippen LogP contribution in [0.1, 0.15) is 78.6 Å². The molecule has 6 heteroatoms. The van der Waals surface area contributed by atoms with Crippen LogP contribution in [-0.2, 0) is 17.6 Å². The fourth-order valence-electron chi connectivity index (χ4n) is 7.02. The van der Waals surface area contributed by atoms with Gasteiger partial charge in [-0.05, 0) is 99.7 Å². The molecule has 4 bridgehead atoms. The number of esters is 1. The Balaban J connectivity index is 1.40. The molecule has 5 aliphatic rings. The molecule has 0 radical (unpaired) electrons. The second kappa shape index (κ2) is 7.52. The monoisotopic (exact) mass is 432 g/mol. The van der Waals surface area contributed by atoms with E-state index >= 15 is 0 Å². The van der Waals surface area contributed by atoms with E-state index in [4.69, 9.17) is 17.0 Å². The number of carbonyl (C=O) groups excluding carboxylic acids is 1. The average Bonchev–Trinajstić information content (AvgIpc) is 2.86. The van der Waals surface area contributed by atoms with Crippen molar-refractivity contribution in [1.82, 2.24) is 4.90 Å². The standard InChI is InChI=1S/C23H32N2O2S2/c1-25(23-11-14-8-15(12-23)10-16(9-14)13-23)22(28)24-20-19(21(26)27-2)17-6-4-3-5-7-18(17)29-20/h14-16H,3-13H2,1-2H3,(H,24,28). The summed E-state index contributed by atoms with van der Waals surface area (Å²) in [7, 11) is 3.66. The van der Waals surface area contributed by atoms with Gasteiger partial charge in [0.15, 0.2) is 5.11 Å². The molecule has 0 saturated heterocycles. The molecule has 0 unspecified atom stereocenters. The van der Waals surface area contributed by atoms with Gasteiger partial charge in [0.25, 0.3) is 0 Å². The van der Waals surface area contributed by atoms with E-state index in [2.05, 4.69) is 17.3 Å². The number of nitrogens with one attached hydrogen (secondary N) is 1. The molecule has 0 amide bonds. The molecule has 0 spiro atoms. The lowest BCUT2D eigenvalue weighted by molar-refractivity contribution is -0.0538. The minimum Gasteiger partial charge on any atom is -0.465 e. The van der Waals surface area contributed by atoms with Crippen molar-refractivity contribution in [3.8, 4) is 0 Å². The fraction of sp³-hybridized carbons (Fsp3) is 0.739. The van der Waals surface area contributed by atoms with Crippen LogP contribution in [0.3, 0.4) is 0 Å². The third kappa shape index (κ3) is 3.40. The van der Waals surface area contributed by atoms with Gasteiger partial charge in [-0.3, -0.25) is 0 Å². The summed E-state index contributed by atoms with van der Waals surface area (Å²) in [6.07, 6.45) is 13.7. The maximum absolute atomic E-state index is 12.6. The molecule has 4 nitrogen and oxygen atoms in total. The first-order chi connectivity index (χ1) is 14.0. The van der Waals surface area contributed by atoms with E-state index in [1.807, 2.05) is 0 Å². The van der Waals surface area contributed by atoms with Crippen molar-refractivity contribution in [3.63, 3.8) is 0 Å². The predicted molar refractivity (Wildman–Crippen MR) is 122 cm³/mol. The van der Waals surface area contributed by atoms with Gasteiger partial charge in [0.05, 0.1) is 12.7 Å². The van der Waals surface area contributed by atoms with E-state index in [-0.39, 0.29) is 11.5 Å². The van der Waals surface area contributed by atoms with Crippen molar-refractivity contribution in [2.75, 3.05) is 19.5 Å². The zero-order valence-corrected chi connectivity index (χ0v) is 19.2. The van der Waals surface area contributed by atoms with E-state index < -0.39 is 0 Å². The van der Waals surface area contributed by atoms with Crippen LogP contribution < -0.4 is 5.32 Å². The average molecular weight is 433 g/mol. The van der Waals surface area contributed by atoms with Gasteiger partial charge >= 0.3 is 5.97 Å². The van der Waals surface area contributed by atoms with Crippen molar-refractivity contribution in [2.45, 2.75) is 76.2 Å². The quantitative estimate of drug-likeness (QED) is 0.393.